The Morgan fingerprint density at radius 2 is 2.19 bits per heavy atom. The molecule has 0 saturated heterocycles. The first-order valence-electron chi connectivity index (χ1n) is 7.23. The van der Waals surface area contributed by atoms with Crippen molar-refractivity contribution in [3.05, 3.63) is 64.4 Å². The second kappa shape index (κ2) is 5.17. The molecule has 0 bridgehead atoms. The third kappa shape index (κ3) is 2.23. The van der Waals surface area contributed by atoms with Gasteiger partial charge < -0.3 is 9.88 Å². The minimum atomic E-state index is 0.781. The quantitative estimate of drug-likeness (QED) is 0.786. The van der Waals surface area contributed by atoms with Gasteiger partial charge in [0, 0.05) is 35.4 Å². The lowest BCUT2D eigenvalue weighted by molar-refractivity contribution is 0.601. The van der Waals surface area contributed by atoms with Crippen LogP contribution in [0.3, 0.4) is 0 Å². The third-order valence-corrected chi connectivity index (χ3v) is 4.35. The van der Waals surface area contributed by atoms with Crippen LogP contribution >= 0.6 is 11.6 Å². The predicted octanol–water partition coefficient (Wildman–Crippen LogP) is 3.38. The maximum atomic E-state index is 6.11. The van der Waals surface area contributed by atoms with Crippen LogP contribution in [0.25, 0.3) is 11.0 Å². The molecule has 3 heterocycles. The summed E-state index contributed by atoms with van der Waals surface area (Å²) >= 11 is 6.11. The summed E-state index contributed by atoms with van der Waals surface area (Å²) in [4.78, 5) is 4.61. The Morgan fingerprint density at radius 1 is 1.24 bits per heavy atom. The fraction of sp³-hybridized carbons (Fsp3) is 0.235. The van der Waals surface area contributed by atoms with Gasteiger partial charge in [0.1, 0.15) is 5.65 Å². The number of hydrogen-bond donors (Lipinski definition) is 1. The molecule has 1 aromatic carbocycles. The minimum Gasteiger partial charge on any atom is -0.324 e. The van der Waals surface area contributed by atoms with Crippen molar-refractivity contribution >= 4 is 22.6 Å². The van der Waals surface area contributed by atoms with E-state index in [9.17, 15) is 0 Å². The fourth-order valence-corrected chi connectivity index (χ4v) is 3.40. The van der Waals surface area contributed by atoms with Gasteiger partial charge in [-0.05, 0) is 48.4 Å². The molecule has 0 spiro atoms. The Labute approximate surface area is 128 Å². The first-order valence-corrected chi connectivity index (χ1v) is 7.61. The molecule has 21 heavy (non-hydrogen) atoms. The Balaban J connectivity index is 1.88. The van der Waals surface area contributed by atoms with Gasteiger partial charge in [-0.1, -0.05) is 23.7 Å². The van der Waals surface area contributed by atoms with Gasteiger partial charge in [0.15, 0.2) is 0 Å². The topological polar surface area (TPSA) is 29.9 Å². The summed E-state index contributed by atoms with van der Waals surface area (Å²) in [5, 5.41) is 5.53. The second-order valence-electron chi connectivity index (χ2n) is 5.44. The SMILES string of the molecule is Clc1cccc(Cn2c3c(c4cccnc42)CCNC3)c1. The Hall–Kier alpha value is -1.84. The van der Waals surface area contributed by atoms with E-state index in [1.165, 1.54) is 22.2 Å². The van der Waals surface area contributed by atoms with Crippen molar-refractivity contribution in [2.24, 2.45) is 0 Å². The van der Waals surface area contributed by atoms with Crippen LogP contribution in [0.4, 0.5) is 0 Å². The molecule has 4 rings (SSSR count). The van der Waals surface area contributed by atoms with Crippen LogP contribution < -0.4 is 5.32 Å². The first kappa shape index (κ1) is 12.9. The summed E-state index contributed by atoms with van der Waals surface area (Å²) in [5.41, 5.74) is 5.08. The van der Waals surface area contributed by atoms with Gasteiger partial charge in [-0.3, -0.25) is 0 Å². The van der Waals surface area contributed by atoms with Gasteiger partial charge in [0.25, 0.3) is 0 Å². The highest BCUT2D eigenvalue weighted by atomic mass is 35.5. The molecule has 1 N–H and O–H groups in total. The zero-order valence-corrected chi connectivity index (χ0v) is 12.4. The highest BCUT2D eigenvalue weighted by molar-refractivity contribution is 6.30. The summed E-state index contributed by atoms with van der Waals surface area (Å²) in [6.07, 6.45) is 2.94. The van der Waals surface area contributed by atoms with Crippen molar-refractivity contribution in [1.29, 1.82) is 0 Å². The van der Waals surface area contributed by atoms with E-state index in [-0.39, 0.29) is 0 Å². The van der Waals surface area contributed by atoms with E-state index >= 15 is 0 Å². The number of benzene rings is 1. The van der Waals surface area contributed by atoms with Crippen LogP contribution in [0.15, 0.2) is 42.6 Å². The van der Waals surface area contributed by atoms with Gasteiger partial charge >= 0.3 is 0 Å². The van der Waals surface area contributed by atoms with Crippen LogP contribution in [0.1, 0.15) is 16.8 Å². The molecule has 0 unspecified atom stereocenters. The number of hydrogen-bond acceptors (Lipinski definition) is 2. The maximum absolute atomic E-state index is 6.11. The number of fused-ring (bicyclic) bond motifs is 3. The van der Waals surface area contributed by atoms with Crippen LogP contribution in [-0.4, -0.2) is 16.1 Å². The van der Waals surface area contributed by atoms with E-state index in [1.54, 1.807) is 0 Å². The Kier molecular flexibility index (Phi) is 3.17. The smallest absolute Gasteiger partial charge is 0.140 e. The molecule has 0 radical (unpaired) electrons. The van der Waals surface area contributed by atoms with Crippen molar-refractivity contribution in [2.45, 2.75) is 19.5 Å². The van der Waals surface area contributed by atoms with Crippen LogP contribution in [0.2, 0.25) is 5.02 Å². The summed E-state index contributed by atoms with van der Waals surface area (Å²) < 4.78 is 2.32. The molecule has 0 aliphatic carbocycles. The molecule has 0 saturated carbocycles. The van der Waals surface area contributed by atoms with Crippen molar-refractivity contribution < 1.29 is 0 Å². The summed E-state index contributed by atoms with van der Waals surface area (Å²) in [7, 11) is 0. The van der Waals surface area contributed by atoms with E-state index < -0.39 is 0 Å². The molecular weight excluding hydrogens is 282 g/mol. The second-order valence-corrected chi connectivity index (χ2v) is 5.88. The van der Waals surface area contributed by atoms with Gasteiger partial charge in [-0.15, -0.1) is 0 Å². The van der Waals surface area contributed by atoms with Gasteiger partial charge in [-0.25, -0.2) is 4.98 Å². The normalized spacial score (nSPS) is 14.3. The molecule has 0 amide bonds. The summed E-state index contributed by atoms with van der Waals surface area (Å²) in [6, 6.07) is 12.3. The van der Waals surface area contributed by atoms with Gasteiger partial charge in [0.05, 0.1) is 0 Å². The van der Waals surface area contributed by atoms with E-state index in [1.807, 2.05) is 30.5 Å². The lowest BCUT2D eigenvalue weighted by Gasteiger charge is -2.17. The summed E-state index contributed by atoms with van der Waals surface area (Å²) in [6.45, 7) is 2.76. The average Bonchev–Trinajstić information content (AvgIpc) is 2.83. The number of aromatic nitrogens is 2. The number of rotatable bonds is 2. The van der Waals surface area contributed by atoms with Crippen LogP contribution in [-0.2, 0) is 19.5 Å². The highest BCUT2D eigenvalue weighted by Crippen LogP contribution is 2.28. The molecule has 0 atom stereocenters. The number of pyridine rings is 1. The zero-order valence-electron chi connectivity index (χ0n) is 11.6. The van der Waals surface area contributed by atoms with Gasteiger partial charge in [-0.2, -0.15) is 0 Å². The van der Waals surface area contributed by atoms with E-state index in [4.69, 9.17) is 11.6 Å². The lowest BCUT2D eigenvalue weighted by atomic mass is 10.1. The Bertz CT molecular complexity index is 807. The fourth-order valence-electron chi connectivity index (χ4n) is 3.18. The van der Waals surface area contributed by atoms with Crippen molar-refractivity contribution in [3.63, 3.8) is 0 Å². The molecule has 3 nitrogen and oxygen atoms in total. The van der Waals surface area contributed by atoms with E-state index in [0.717, 1.165) is 36.7 Å². The standard InChI is InChI=1S/C17H16ClN3/c18-13-4-1-3-12(9-13)11-21-16-10-19-8-6-14(16)15-5-2-7-20-17(15)21/h1-5,7,9,19H,6,8,10-11H2. The molecular formula is C17H16ClN3. The molecule has 3 aromatic rings. The third-order valence-electron chi connectivity index (χ3n) is 4.12. The molecule has 4 heteroatoms. The maximum Gasteiger partial charge on any atom is 0.140 e. The monoisotopic (exact) mass is 297 g/mol. The number of nitrogens with one attached hydrogen (secondary N) is 1. The predicted molar refractivity (Wildman–Crippen MR) is 85.7 cm³/mol. The molecule has 1 aliphatic rings. The molecule has 2 aromatic heterocycles. The van der Waals surface area contributed by atoms with Crippen molar-refractivity contribution in [1.82, 2.24) is 14.9 Å². The minimum absolute atomic E-state index is 0.781. The van der Waals surface area contributed by atoms with Crippen molar-refractivity contribution in [3.8, 4) is 0 Å². The highest BCUT2D eigenvalue weighted by Gasteiger charge is 2.20. The van der Waals surface area contributed by atoms with Crippen LogP contribution in [0.5, 0.6) is 0 Å². The van der Waals surface area contributed by atoms with E-state index in [2.05, 4.69) is 27.0 Å². The molecule has 0 fully saturated rings. The van der Waals surface area contributed by atoms with Gasteiger partial charge in [0.2, 0.25) is 0 Å². The zero-order chi connectivity index (χ0) is 14.2. The number of halogens is 1. The lowest BCUT2D eigenvalue weighted by Crippen LogP contribution is -2.25. The van der Waals surface area contributed by atoms with E-state index in [0.29, 0.717) is 0 Å². The van der Waals surface area contributed by atoms with Crippen LogP contribution in [0, 0.1) is 0 Å². The molecule has 1 aliphatic heterocycles. The first-order chi connectivity index (χ1) is 10.3. The number of nitrogens with zero attached hydrogens (tertiary/aromatic N) is 2. The largest absolute Gasteiger partial charge is 0.324 e. The summed E-state index contributed by atoms with van der Waals surface area (Å²) in [5.74, 6) is 0. The average molecular weight is 298 g/mol. The molecule has 106 valence electrons. The Morgan fingerprint density at radius 3 is 3.10 bits per heavy atom. The van der Waals surface area contributed by atoms with Crippen molar-refractivity contribution in [2.75, 3.05) is 6.54 Å².